The van der Waals surface area contributed by atoms with Gasteiger partial charge in [-0.1, -0.05) is 32.1 Å². The summed E-state index contributed by atoms with van der Waals surface area (Å²) in [7, 11) is 0. The van der Waals surface area contributed by atoms with Crippen molar-refractivity contribution in [1.29, 1.82) is 0 Å². The van der Waals surface area contributed by atoms with Crippen molar-refractivity contribution in [2.24, 2.45) is 5.92 Å². The largest absolute Gasteiger partial charge is 0.481 e. The molecule has 2 N–H and O–H groups in total. The summed E-state index contributed by atoms with van der Waals surface area (Å²) in [4.78, 5) is 26.9. The van der Waals surface area contributed by atoms with E-state index < -0.39 is 5.97 Å². The molecule has 0 aliphatic heterocycles. The Balaban J connectivity index is 1.89. The Morgan fingerprint density at radius 3 is 2.55 bits per heavy atom. The second kappa shape index (κ2) is 7.38. The van der Waals surface area contributed by atoms with Gasteiger partial charge in [-0.3, -0.25) is 9.59 Å². The summed E-state index contributed by atoms with van der Waals surface area (Å²) in [6, 6.07) is 0. The second-order valence-electron chi connectivity index (χ2n) is 5.25. The predicted molar refractivity (Wildman–Crippen MR) is 77.9 cm³/mol. The van der Waals surface area contributed by atoms with Gasteiger partial charge in [-0.2, -0.15) is 0 Å². The zero-order valence-electron chi connectivity index (χ0n) is 11.4. The van der Waals surface area contributed by atoms with Crippen molar-refractivity contribution >= 4 is 28.3 Å². The fourth-order valence-corrected chi connectivity index (χ4v) is 3.24. The van der Waals surface area contributed by atoms with Crippen LogP contribution in [0.4, 0.5) is 5.13 Å². The lowest BCUT2D eigenvalue weighted by molar-refractivity contribution is -0.136. The minimum absolute atomic E-state index is 0.0307. The van der Waals surface area contributed by atoms with Gasteiger partial charge in [0.05, 0.1) is 12.1 Å². The third kappa shape index (κ3) is 4.59. The van der Waals surface area contributed by atoms with Crippen LogP contribution in [0.15, 0.2) is 5.38 Å². The Kier molecular flexibility index (Phi) is 5.52. The highest BCUT2D eigenvalue weighted by molar-refractivity contribution is 7.13. The number of anilines is 1. The van der Waals surface area contributed by atoms with Crippen LogP contribution in [-0.4, -0.2) is 22.0 Å². The van der Waals surface area contributed by atoms with Crippen LogP contribution < -0.4 is 5.32 Å². The number of hydrogen-bond donors (Lipinski definition) is 2. The van der Waals surface area contributed by atoms with E-state index in [2.05, 4.69) is 10.3 Å². The van der Waals surface area contributed by atoms with Crippen molar-refractivity contribution in [2.45, 2.75) is 51.4 Å². The summed E-state index contributed by atoms with van der Waals surface area (Å²) in [5.41, 5.74) is 0.496. The molecule has 0 saturated heterocycles. The molecule has 1 aliphatic rings. The number of amides is 1. The van der Waals surface area contributed by atoms with Gasteiger partial charge in [-0.05, 0) is 12.8 Å². The van der Waals surface area contributed by atoms with Gasteiger partial charge in [0, 0.05) is 11.3 Å². The second-order valence-corrected chi connectivity index (χ2v) is 6.10. The normalized spacial score (nSPS) is 17.2. The topological polar surface area (TPSA) is 79.3 Å². The lowest BCUT2D eigenvalue weighted by Gasteiger charge is -2.18. The van der Waals surface area contributed by atoms with Crippen molar-refractivity contribution in [3.05, 3.63) is 11.1 Å². The first-order valence-electron chi connectivity index (χ1n) is 7.12. The number of carbonyl (C=O) groups is 2. The zero-order chi connectivity index (χ0) is 14.4. The van der Waals surface area contributed by atoms with E-state index in [1.807, 2.05) is 0 Å². The Hall–Kier alpha value is -1.43. The minimum atomic E-state index is -0.909. The van der Waals surface area contributed by atoms with Gasteiger partial charge in [0.1, 0.15) is 0 Å². The van der Waals surface area contributed by atoms with Gasteiger partial charge in [0.2, 0.25) is 5.91 Å². The van der Waals surface area contributed by atoms with Crippen molar-refractivity contribution in [3.8, 4) is 0 Å². The van der Waals surface area contributed by atoms with E-state index in [1.165, 1.54) is 30.6 Å². The lowest BCUT2D eigenvalue weighted by Crippen LogP contribution is -2.23. The Labute approximate surface area is 122 Å². The van der Waals surface area contributed by atoms with E-state index in [0.29, 0.717) is 10.8 Å². The van der Waals surface area contributed by atoms with Crippen molar-refractivity contribution in [1.82, 2.24) is 4.98 Å². The van der Waals surface area contributed by atoms with Gasteiger partial charge in [-0.15, -0.1) is 11.3 Å². The van der Waals surface area contributed by atoms with Crippen LogP contribution in [0.3, 0.4) is 0 Å². The molecule has 1 aromatic heterocycles. The number of aromatic nitrogens is 1. The molecule has 0 unspecified atom stereocenters. The Morgan fingerprint density at radius 2 is 1.90 bits per heavy atom. The standard InChI is InChI=1S/C14H20N2O3S/c17-12(18)8-11-9-20-14(15-11)16-13(19)10-6-4-2-1-3-5-7-10/h9-10H,1-8H2,(H,17,18)(H,15,16,19). The number of aliphatic carboxylic acids is 1. The number of thiazole rings is 1. The first kappa shape index (κ1) is 15.0. The maximum Gasteiger partial charge on any atom is 0.309 e. The van der Waals surface area contributed by atoms with Gasteiger partial charge in [0.25, 0.3) is 0 Å². The van der Waals surface area contributed by atoms with Crippen LogP contribution in [0, 0.1) is 5.92 Å². The number of carboxylic acid groups (broad SMARTS) is 1. The SMILES string of the molecule is O=C(O)Cc1csc(NC(=O)C2CCCCCCC2)n1. The predicted octanol–water partition coefficient (Wildman–Crippen LogP) is 3.07. The molecule has 0 spiro atoms. The Morgan fingerprint density at radius 1 is 1.25 bits per heavy atom. The van der Waals surface area contributed by atoms with E-state index in [9.17, 15) is 9.59 Å². The molecule has 0 atom stereocenters. The number of hydrogen-bond acceptors (Lipinski definition) is 4. The number of nitrogens with zero attached hydrogens (tertiary/aromatic N) is 1. The van der Waals surface area contributed by atoms with Crippen molar-refractivity contribution < 1.29 is 14.7 Å². The van der Waals surface area contributed by atoms with Gasteiger partial charge < -0.3 is 10.4 Å². The summed E-state index contributed by atoms with van der Waals surface area (Å²) in [6.07, 6.45) is 7.71. The molecule has 5 nitrogen and oxygen atoms in total. The maximum atomic E-state index is 12.2. The average molecular weight is 296 g/mol. The molecule has 0 radical (unpaired) electrons. The first-order chi connectivity index (χ1) is 9.65. The Bertz CT molecular complexity index is 465. The summed E-state index contributed by atoms with van der Waals surface area (Å²) in [5, 5.41) is 13.7. The summed E-state index contributed by atoms with van der Waals surface area (Å²) < 4.78 is 0. The molecule has 1 aliphatic carbocycles. The fourth-order valence-electron chi connectivity index (χ4n) is 2.53. The van der Waals surface area contributed by atoms with Crippen LogP contribution in [-0.2, 0) is 16.0 Å². The highest BCUT2D eigenvalue weighted by atomic mass is 32.1. The number of carbonyl (C=O) groups excluding carboxylic acids is 1. The van der Waals surface area contributed by atoms with Crippen LogP contribution in [0.25, 0.3) is 0 Å². The maximum absolute atomic E-state index is 12.2. The molecule has 1 amide bonds. The average Bonchev–Trinajstić information content (AvgIpc) is 2.74. The molecular weight excluding hydrogens is 276 g/mol. The van der Waals surface area contributed by atoms with E-state index >= 15 is 0 Å². The smallest absolute Gasteiger partial charge is 0.309 e. The van der Waals surface area contributed by atoms with Gasteiger partial charge in [0.15, 0.2) is 5.13 Å². The van der Waals surface area contributed by atoms with E-state index in [-0.39, 0.29) is 18.2 Å². The molecular formula is C14H20N2O3S. The minimum Gasteiger partial charge on any atom is -0.481 e. The molecule has 0 bridgehead atoms. The highest BCUT2D eigenvalue weighted by Crippen LogP contribution is 2.24. The van der Waals surface area contributed by atoms with Crippen LogP contribution >= 0.6 is 11.3 Å². The van der Waals surface area contributed by atoms with E-state index in [0.717, 1.165) is 25.7 Å². The molecule has 1 aromatic rings. The number of rotatable bonds is 4. The lowest BCUT2D eigenvalue weighted by atomic mass is 9.90. The summed E-state index contributed by atoms with van der Waals surface area (Å²) >= 11 is 1.29. The van der Waals surface area contributed by atoms with Crippen LogP contribution in [0.5, 0.6) is 0 Å². The number of nitrogens with one attached hydrogen (secondary N) is 1. The molecule has 6 heteroatoms. The number of carboxylic acids is 1. The summed E-state index contributed by atoms with van der Waals surface area (Å²) in [6.45, 7) is 0. The first-order valence-corrected chi connectivity index (χ1v) is 8.00. The molecule has 2 rings (SSSR count). The van der Waals surface area contributed by atoms with Crippen LogP contribution in [0.1, 0.15) is 50.6 Å². The van der Waals surface area contributed by atoms with Gasteiger partial charge >= 0.3 is 5.97 Å². The molecule has 1 fully saturated rings. The third-order valence-corrected chi connectivity index (χ3v) is 4.40. The molecule has 110 valence electrons. The quantitative estimate of drug-likeness (QED) is 0.895. The zero-order valence-corrected chi connectivity index (χ0v) is 12.2. The molecule has 0 aromatic carbocycles. The molecule has 1 heterocycles. The van der Waals surface area contributed by atoms with E-state index in [1.54, 1.807) is 5.38 Å². The molecule has 20 heavy (non-hydrogen) atoms. The van der Waals surface area contributed by atoms with Crippen molar-refractivity contribution in [3.63, 3.8) is 0 Å². The monoisotopic (exact) mass is 296 g/mol. The van der Waals surface area contributed by atoms with Crippen molar-refractivity contribution in [2.75, 3.05) is 5.32 Å². The summed E-state index contributed by atoms with van der Waals surface area (Å²) in [5.74, 6) is -0.807. The fraction of sp³-hybridized carbons (Fsp3) is 0.643. The third-order valence-electron chi connectivity index (χ3n) is 3.59. The van der Waals surface area contributed by atoms with Gasteiger partial charge in [-0.25, -0.2) is 4.98 Å². The van der Waals surface area contributed by atoms with Crippen LogP contribution in [0.2, 0.25) is 0 Å². The molecule has 1 saturated carbocycles. The van der Waals surface area contributed by atoms with E-state index in [4.69, 9.17) is 5.11 Å². The highest BCUT2D eigenvalue weighted by Gasteiger charge is 2.20.